The largest absolute Gasteiger partial charge is 0.382 e. The van der Waals surface area contributed by atoms with Crippen molar-refractivity contribution in [3.8, 4) is 0 Å². The van der Waals surface area contributed by atoms with E-state index in [-0.39, 0.29) is 5.84 Å². The number of aromatic nitrogens is 1. The van der Waals surface area contributed by atoms with Gasteiger partial charge in [-0.15, -0.1) is 0 Å². The number of nitrogens with one attached hydrogen (secondary N) is 1. The predicted octanol–water partition coefficient (Wildman–Crippen LogP) is 2.38. The van der Waals surface area contributed by atoms with E-state index in [9.17, 15) is 0 Å². The first-order valence-corrected chi connectivity index (χ1v) is 7.30. The second kappa shape index (κ2) is 5.19. The van der Waals surface area contributed by atoms with Crippen molar-refractivity contribution in [1.29, 1.82) is 5.41 Å². The molecule has 0 spiro atoms. The maximum absolute atomic E-state index is 7.67. The first-order chi connectivity index (χ1) is 9.25. The molecule has 3 rings (SSSR count). The van der Waals surface area contributed by atoms with E-state index in [1.807, 2.05) is 12.1 Å². The lowest BCUT2D eigenvalue weighted by molar-refractivity contribution is 0.202. The second-order valence-corrected chi connectivity index (χ2v) is 5.82. The summed E-state index contributed by atoms with van der Waals surface area (Å²) in [6, 6.07) is 3.99. The number of amidine groups is 1. The lowest BCUT2D eigenvalue weighted by Crippen LogP contribution is -2.42. The van der Waals surface area contributed by atoms with Crippen molar-refractivity contribution in [2.75, 3.05) is 18.0 Å². The van der Waals surface area contributed by atoms with Gasteiger partial charge in [0, 0.05) is 19.3 Å². The van der Waals surface area contributed by atoms with E-state index >= 15 is 0 Å². The summed E-state index contributed by atoms with van der Waals surface area (Å²) >= 11 is 0. The van der Waals surface area contributed by atoms with Gasteiger partial charge in [-0.25, -0.2) is 0 Å². The fourth-order valence-corrected chi connectivity index (χ4v) is 3.68. The standard InChI is InChI=1S/C15H22N4/c16-15(17)14-13(6-3-8-18-14)19-9-7-11-4-1-2-5-12(11)10-19/h3,6,8,11-12H,1-2,4-5,7,9-10H2,(H3,16,17). The molecule has 2 fully saturated rings. The van der Waals surface area contributed by atoms with E-state index in [0.717, 1.165) is 30.6 Å². The quantitative estimate of drug-likeness (QED) is 0.632. The molecule has 102 valence electrons. The third-order valence-corrected chi connectivity index (χ3v) is 4.67. The van der Waals surface area contributed by atoms with E-state index in [1.165, 1.54) is 32.1 Å². The number of rotatable bonds is 2. The zero-order valence-corrected chi connectivity index (χ0v) is 11.3. The van der Waals surface area contributed by atoms with Crippen LogP contribution in [0.2, 0.25) is 0 Å². The molecule has 1 aliphatic carbocycles. The number of fused-ring (bicyclic) bond motifs is 1. The molecule has 0 radical (unpaired) electrons. The number of nitrogens with zero attached hydrogens (tertiary/aromatic N) is 2. The molecule has 4 heteroatoms. The summed E-state index contributed by atoms with van der Waals surface area (Å²) in [6.45, 7) is 2.18. The van der Waals surface area contributed by atoms with Crippen molar-refractivity contribution < 1.29 is 0 Å². The Bertz CT molecular complexity index is 471. The van der Waals surface area contributed by atoms with E-state index in [0.29, 0.717) is 5.69 Å². The van der Waals surface area contributed by atoms with Gasteiger partial charge in [-0.05, 0) is 36.8 Å². The Morgan fingerprint density at radius 1 is 1.26 bits per heavy atom. The Hall–Kier alpha value is -1.58. The Morgan fingerprint density at radius 3 is 2.84 bits per heavy atom. The van der Waals surface area contributed by atoms with Crippen LogP contribution >= 0.6 is 0 Å². The summed E-state index contributed by atoms with van der Waals surface area (Å²) < 4.78 is 0. The first-order valence-electron chi connectivity index (χ1n) is 7.30. The van der Waals surface area contributed by atoms with E-state index in [4.69, 9.17) is 11.1 Å². The molecule has 0 aromatic carbocycles. The molecule has 1 saturated heterocycles. The smallest absolute Gasteiger partial charge is 0.143 e. The molecule has 2 heterocycles. The summed E-state index contributed by atoms with van der Waals surface area (Å²) in [6.07, 6.45) is 8.54. The van der Waals surface area contributed by atoms with Crippen LogP contribution in [-0.2, 0) is 0 Å². The number of anilines is 1. The minimum Gasteiger partial charge on any atom is -0.382 e. The Labute approximate surface area is 114 Å². The summed E-state index contributed by atoms with van der Waals surface area (Å²) in [5.74, 6) is 1.81. The summed E-state index contributed by atoms with van der Waals surface area (Å²) in [5.41, 5.74) is 7.32. The van der Waals surface area contributed by atoms with Gasteiger partial charge in [0.15, 0.2) is 0 Å². The number of piperidine rings is 1. The van der Waals surface area contributed by atoms with Crippen molar-refractivity contribution in [3.63, 3.8) is 0 Å². The van der Waals surface area contributed by atoms with Crippen molar-refractivity contribution in [1.82, 2.24) is 4.98 Å². The molecular formula is C15H22N4. The summed E-state index contributed by atoms with van der Waals surface area (Å²) in [7, 11) is 0. The molecule has 1 aromatic rings. The van der Waals surface area contributed by atoms with Gasteiger partial charge >= 0.3 is 0 Å². The van der Waals surface area contributed by atoms with Crippen LogP contribution in [0.3, 0.4) is 0 Å². The molecule has 2 unspecified atom stereocenters. The zero-order valence-electron chi connectivity index (χ0n) is 11.3. The number of nitrogens with two attached hydrogens (primary N) is 1. The van der Waals surface area contributed by atoms with Crippen molar-refractivity contribution in [3.05, 3.63) is 24.0 Å². The van der Waals surface area contributed by atoms with Crippen LogP contribution in [0.4, 0.5) is 5.69 Å². The van der Waals surface area contributed by atoms with Crippen LogP contribution in [0.1, 0.15) is 37.8 Å². The van der Waals surface area contributed by atoms with Gasteiger partial charge in [0.25, 0.3) is 0 Å². The van der Waals surface area contributed by atoms with Crippen LogP contribution in [0.25, 0.3) is 0 Å². The van der Waals surface area contributed by atoms with E-state index in [1.54, 1.807) is 6.20 Å². The molecule has 1 aromatic heterocycles. The number of hydrogen-bond acceptors (Lipinski definition) is 3. The van der Waals surface area contributed by atoms with E-state index < -0.39 is 0 Å². The minimum atomic E-state index is 0.0707. The van der Waals surface area contributed by atoms with Crippen LogP contribution in [-0.4, -0.2) is 23.9 Å². The Morgan fingerprint density at radius 2 is 2.05 bits per heavy atom. The van der Waals surface area contributed by atoms with Gasteiger partial charge in [-0.3, -0.25) is 10.4 Å². The molecule has 19 heavy (non-hydrogen) atoms. The maximum Gasteiger partial charge on any atom is 0.143 e. The molecule has 0 amide bonds. The topological polar surface area (TPSA) is 66.0 Å². The minimum absolute atomic E-state index is 0.0707. The average Bonchev–Trinajstić information content (AvgIpc) is 2.46. The molecule has 4 nitrogen and oxygen atoms in total. The first kappa shape index (κ1) is 12.5. The highest BCUT2D eigenvalue weighted by Gasteiger charge is 2.32. The van der Waals surface area contributed by atoms with Gasteiger partial charge in [-0.1, -0.05) is 19.3 Å². The van der Waals surface area contributed by atoms with Crippen molar-refractivity contribution in [2.24, 2.45) is 17.6 Å². The average molecular weight is 258 g/mol. The normalized spacial score (nSPS) is 26.8. The highest BCUT2D eigenvalue weighted by Crippen LogP contribution is 2.37. The molecule has 2 atom stereocenters. The lowest BCUT2D eigenvalue weighted by Gasteiger charge is -2.42. The molecule has 1 aliphatic heterocycles. The predicted molar refractivity (Wildman–Crippen MR) is 77.5 cm³/mol. The SMILES string of the molecule is N=C(N)c1ncccc1N1CCC2CCCCC2C1. The van der Waals surface area contributed by atoms with Crippen molar-refractivity contribution >= 4 is 11.5 Å². The summed E-state index contributed by atoms with van der Waals surface area (Å²) in [4.78, 5) is 6.65. The van der Waals surface area contributed by atoms with Crippen LogP contribution in [0.5, 0.6) is 0 Å². The molecule has 0 bridgehead atoms. The molecule has 2 aliphatic rings. The van der Waals surface area contributed by atoms with Crippen LogP contribution in [0, 0.1) is 17.2 Å². The van der Waals surface area contributed by atoms with Gasteiger partial charge < -0.3 is 10.6 Å². The zero-order chi connectivity index (χ0) is 13.2. The number of nitrogen functional groups attached to an aromatic ring is 1. The Kier molecular flexibility index (Phi) is 3.40. The van der Waals surface area contributed by atoms with Crippen LogP contribution < -0.4 is 10.6 Å². The maximum atomic E-state index is 7.67. The highest BCUT2D eigenvalue weighted by atomic mass is 15.2. The van der Waals surface area contributed by atoms with E-state index in [2.05, 4.69) is 9.88 Å². The molecule has 1 saturated carbocycles. The lowest BCUT2D eigenvalue weighted by atomic mass is 9.75. The second-order valence-electron chi connectivity index (χ2n) is 5.82. The fourth-order valence-electron chi connectivity index (χ4n) is 3.68. The van der Waals surface area contributed by atoms with Gasteiger partial charge in [0.1, 0.15) is 11.5 Å². The molecule has 3 N–H and O–H groups in total. The highest BCUT2D eigenvalue weighted by molar-refractivity contribution is 5.98. The van der Waals surface area contributed by atoms with Gasteiger partial charge in [0.2, 0.25) is 0 Å². The van der Waals surface area contributed by atoms with Crippen molar-refractivity contribution in [2.45, 2.75) is 32.1 Å². The fraction of sp³-hybridized carbons (Fsp3) is 0.600. The number of pyridine rings is 1. The van der Waals surface area contributed by atoms with Crippen LogP contribution in [0.15, 0.2) is 18.3 Å². The van der Waals surface area contributed by atoms with Gasteiger partial charge in [-0.2, -0.15) is 0 Å². The third-order valence-electron chi connectivity index (χ3n) is 4.67. The third kappa shape index (κ3) is 2.44. The monoisotopic (exact) mass is 258 g/mol. The van der Waals surface area contributed by atoms with Gasteiger partial charge in [0.05, 0.1) is 5.69 Å². The Balaban J connectivity index is 1.81. The number of hydrogen-bond donors (Lipinski definition) is 2. The summed E-state index contributed by atoms with van der Waals surface area (Å²) in [5, 5.41) is 7.67. The molecular weight excluding hydrogens is 236 g/mol.